The van der Waals surface area contributed by atoms with E-state index in [1.807, 2.05) is 102 Å². The molecule has 7 rings (SSSR count). The van der Waals surface area contributed by atoms with Crippen LogP contribution in [0.15, 0.2) is 115 Å². The summed E-state index contributed by atoms with van der Waals surface area (Å²) in [7, 11) is 0. The van der Waals surface area contributed by atoms with E-state index in [4.69, 9.17) is 0 Å². The molecular weight excluding hydrogens is 458 g/mol. The Balaban J connectivity index is 1.56. The van der Waals surface area contributed by atoms with Crippen LogP contribution in [0.1, 0.15) is 48.1 Å². The summed E-state index contributed by atoms with van der Waals surface area (Å²) in [6, 6.07) is 32.4. The Morgan fingerprint density at radius 3 is 1.92 bits per heavy atom. The molecule has 0 aromatic heterocycles. The highest BCUT2D eigenvalue weighted by Gasteiger charge is 2.71. The molecule has 1 spiro atoms. The Bertz CT molecular complexity index is 1570. The van der Waals surface area contributed by atoms with Crippen LogP contribution in [0.5, 0.6) is 0 Å². The summed E-state index contributed by atoms with van der Waals surface area (Å²) in [5, 5.41) is 0. The van der Waals surface area contributed by atoms with Crippen molar-refractivity contribution in [3.8, 4) is 0 Å². The fourth-order valence-electron chi connectivity index (χ4n) is 6.72. The van der Waals surface area contributed by atoms with Gasteiger partial charge in [0.05, 0.1) is 6.04 Å². The number of Topliss-reactive ketones (excluding diaryl/α,β-unsaturated/α-hetero) is 3. The molecule has 37 heavy (non-hydrogen) atoms. The number of ketones is 3. The van der Waals surface area contributed by atoms with Crippen molar-refractivity contribution in [2.45, 2.75) is 18.0 Å². The van der Waals surface area contributed by atoms with Gasteiger partial charge in [0.25, 0.3) is 0 Å². The number of para-hydroxylation sites is 1. The zero-order valence-corrected chi connectivity index (χ0v) is 20.0. The Kier molecular flexibility index (Phi) is 4.67. The van der Waals surface area contributed by atoms with Crippen molar-refractivity contribution in [1.29, 1.82) is 0 Å². The van der Waals surface area contributed by atoms with Gasteiger partial charge in [-0.1, -0.05) is 115 Å². The van der Waals surface area contributed by atoms with E-state index < -0.39 is 23.4 Å². The van der Waals surface area contributed by atoms with E-state index in [1.165, 1.54) is 0 Å². The first kappa shape index (κ1) is 21.7. The summed E-state index contributed by atoms with van der Waals surface area (Å²) in [6.07, 6.45) is 3.94. The molecule has 2 heterocycles. The smallest absolute Gasteiger partial charge is 0.185 e. The fourth-order valence-corrected chi connectivity index (χ4v) is 6.72. The van der Waals surface area contributed by atoms with Crippen molar-refractivity contribution in [3.63, 3.8) is 0 Å². The van der Waals surface area contributed by atoms with Gasteiger partial charge in [0.1, 0.15) is 11.5 Å². The number of rotatable bonds is 3. The third kappa shape index (κ3) is 2.81. The molecule has 0 N–H and O–H groups in total. The summed E-state index contributed by atoms with van der Waals surface area (Å²) < 4.78 is 0. The number of hydrogen-bond acceptors (Lipinski definition) is 4. The number of benzene rings is 4. The first-order valence-electron chi connectivity index (χ1n) is 12.5. The molecule has 0 radical (unpaired) electrons. The second-order valence-corrected chi connectivity index (χ2v) is 9.91. The normalized spacial score (nSPS) is 22.6. The van der Waals surface area contributed by atoms with Gasteiger partial charge in [0.15, 0.2) is 17.3 Å². The van der Waals surface area contributed by atoms with Gasteiger partial charge in [-0.05, 0) is 17.2 Å². The monoisotopic (exact) mass is 481 g/mol. The topological polar surface area (TPSA) is 54.5 Å². The maximum absolute atomic E-state index is 14.5. The molecule has 4 nitrogen and oxygen atoms in total. The lowest BCUT2D eigenvalue weighted by Crippen LogP contribution is -2.48. The molecule has 1 saturated heterocycles. The molecule has 1 aliphatic carbocycles. The lowest BCUT2D eigenvalue weighted by Gasteiger charge is -2.37. The zero-order chi connectivity index (χ0) is 25.1. The molecule has 178 valence electrons. The molecule has 0 saturated carbocycles. The highest BCUT2D eigenvalue weighted by molar-refractivity contribution is 6.32. The molecule has 0 amide bonds. The predicted molar refractivity (Wildman–Crippen MR) is 143 cm³/mol. The van der Waals surface area contributed by atoms with Gasteiger partial charge in [0, 0.05) is 28.3 Å². The number of nitrogens with zero attached hydrogens (tertiary/aromatic N) is 1. The molecule has 0 bridgehead atoms. The second kappa shape index (κ2) is 7.97. The summed E-state index contributed by atoms with van der Waals surface area (Å²) in [5.41, 5.74) is 2.62. The number of hydrogen-bond donors (Lipinski definition) is 0. The van der Waals surface area contributed by atoms with Crippen molar-refractivity contribution in [2.24, 2.45) is 5.41 Å². The van der Waals surface area contributed by atoms with Crippen LogP contribution >= 0.6 is 0 Å². The lowest BCUT2D eigenvalue weighted by atomic mass is 9.64. The van der Waals surface area contributed by atoms with E-state index >= 15 is 0 Å². The first-order chi connectivity index (χ1) is 18.1. The molecular formula is C33H23NO3. The molecule has 4 aromatic rings. The van der Waals surface area contributed by atoms with Crippen LogP contribution in [0.3, 0.4) is 0 Å². The number of carbonyl (C=O) groups is 3. The minimum atomic E-state index is -1.45. The highest BCUT2D eigenvalue weighted by atomic mass is 16.2. The summed E-state index contributed by atoms with van der Waals surface area (Å²) >= 11 is 0. The zero-order valence-electron chi connectivity index (χ0n) is 20.0. The van der Waals surface area contributed by atoms with Crippen LogP contribution in [0, 0.1) is 5.41 Å². The molecule has 4 heteroatoms. The van der Waals surface area contributed by atoms with Crippen LogP contribution in [0.4, 0.5) is 5.69 Å². The van der Waals surface area contributed by atoms with Crippen molar-refractivity contribution in [1.82, 2.24) is 0 Å². The van der Waals surface area contributed by atoms with Crippen molar-refractivity contribution < 1.29 is 14.4 Å². The standard InChI is InChI=1S/C33H23NO3/c35-30(23-14-5-2-6-15-23)29-28(22-12-3-1-4-13-22)33(31(36)24-16-8-9-17-25(24)32(33)37)27-20-19-21-11-7-10-18-26(21)34(27)29/h1-20,27-29H/t27?,28-,29+/m1/s1. The number of fused-ring (bicyclic) bond motifs is 5. The van der Waals surface area contributed by atoms with Crippen LogP contribution in [0.25, 0.3) is 6.08 Å². The predicted octanol–water partition coefficient (Wildman–Crippen LogP) is 6.00. The van der Waals surface area contributed by atoms with Crippen molar-refractivity contribution >= 4 is 29.1 Å². The number of anilines is 1. The molecule has 3 aliphatic rings. The van der Waals surface area contributed by atoms with Gasteiger partial charge in [-0.15, -0.1) is 0 Å². The summed E-state index contributed by atoms with van der Waals surface area (Å²) in [6.45, 7) is 0. The Morgan fingerprint density at radius 2 is 1.24 bits per heavy atom. The van der Waals surface area contributed by atoms with Gasteiger partial charge in [-0.25, -0.2) is 0 Å². The van der Waals surface area contributed by atoms with E-state index in [0.29, 0.717) is 16.7 Å². The van der Waals surface area contributed by atoms with Crippen LogP contribution in [0.2, 0.25) is 0 Å². The van der Waals surface area contributed by atoms with E-state index in [0.717, 1.165) is 16.8 Å². The summed E-state index contributed by atoms with van der Waals surface area (Å²) in [5.74, 6) is -1.18. The van der Waals surface area contributed by atoms with Crippen molar-refractivity contribution in [2.75, 3.05) is 4.90 Å². The second-order valence-electron chi connectivity index (χ2n) is 9.91. The van der Waals surface area contributed by atoms with Gasteiger partial charge < -0.3 is 4.90 Å². The molecule has 3 atom stereocenters. The first-order valence-corrected chi connectivity index (χ1v) is 12.5. The van der Waals surface area contributed by atoms with E-state index in [-0.39, 0.29) is 17.3 Å². The van der Waals surface area contributed by atoms with Gasteiger partial charge in [-0.2, -0.15) is 0 Å². The van der Waals surface area contributed by atoms with Gasteiger partial charge >= 0.3 is 0 Å². The Morgan fingerprint density at radius 1 is 0.676 bits per heavy atom. The average Bonchev–Trinajstić information content (AvgIpc) is 3.40. The molecule has 2 aliphatic heterocycles. The number of carbonyl (C=O) groups excluding carboxylic acids is 3. The average molecular weight is 482 g/mol. The van der Waals surface area contributed by atoms with Crippen LogP contribution in [-0.4, -0.2) is 29.4 Å². The van der Waals surface area contributed by atoms with Crippen molar-refractivity contribution in [3.05, 3.63) is 143 Å². The quantitative estimate of drug-likeness (QED) is 0.266. The minimum absolute atomic E-state index is 0.0991. The largest absolute Gasteiger partial charge is 0.352 e. The van der Waals surface area contributed by atoms with Crippen LogP contribution < -0.4 is 4.90 Å². The maximum atomic E-state index is 14.5. The Hall–Kier alpha value is -4.57. The maximum Gasteiger partial charge on any atom is 0.185 e. The highest BCUT2D eigenvalue weighted by Crippen LogP contribution is 2.60. The Labute approximate surface area is 214 Å². The minimum Gasteiger partial charge on any atom is -0.352 e. The third-order valence-electron chi connectivity index (χ3n) is 8.20. The molecule has 4 aromatic carbocycles. The lowest BCUT2D eigenvalue weighted by molar-refractivity contribution is 0.0666. The van der Waals surface area contributed by atoms with Crippen LogP contribution in [-0.2, 0) is 0 Å². The van der Waals surface area contributed by atoms with E-state index in [9.17, 15) is 14.4 Å². The SMILES string of the molecule is O=C(c1ccccc1)[C@@H]1[C@@H](c2ccccc2)C2(C(=O)c3ccccc3C2=O)C2C=Cc3ccccc3N21. The molecule has 1 unspecified atom stereocenters. The fraction of sp³-hybridized carbons (Fsp3) is 0.121. The van der Waals surface area contributed by atoms with E-state index in [2.05, 4.69) is 0 Å². The molecule has 1 fully saturated rings. The third-order valence-corrected chi connectivity index (χ3v) is 8.20. The van der Waals surface area contributed by atoms with Gasteiger partial charge in [0.2, 0.25) is 0 Å². The summed E-state index contributed by atoms with van der Waals surface area (Å²) in [4.78, 5) is 45.5. The van der Waals surface area contributed by atoms with Gasteiger partial charge in [-0.3, -0.25) is 14.4 Å². The van der Waals surface area contributed by atoms with E-state index in [1.54, 1.807) is 24.3 Å².